The van der Waals surface area contributed by atoms with Crippen LogP contribution in [-0.4, -0.2) is 31.2 Å². The Kier molecular flexibility index (Phi) is 7.07. The van der Waals surface area contributed by atoms with Crippen LogP contribution in [0.25, 0.3) is 0 Å². The Hall–Kier alpha value is 1.49. The number of hydrogen-bond acceptors (Lipinski definition) is 3. The average Bonchev–Trinajstić information content (AvgIpc) is 2.11. The van der Waals surface area contributed by atoms with Gasteiger partial charge in [0.15, 0.2) is 0 Å². The Bertz CT molecular complexity index is 198. The van der Waals surface area contributed by atoms with Crippen LogP contribution in [0.5, 0.6) is 0 Å². The summed E-state index contributed by atoms with van der Waals surface area (Å²) in [6.07, 6.45) is 0.900. The molecule has 0 aromatic carbocycles. The Balaban J connectivity index is 4.67. The second kappa shape index (κ2) is 6.43. The second-order valence-corrected chi connectivity index (χ2v) is 25.3. The van der Waals surface area contributed by atoms with Gasteiger partial charge < -0.3 is 0 Å². The maximum atomic E-state index is 6.33. The summed E-state index contributed by atoms with van der Waals surface area (Å²) in [4.78, 5) is 0. The predicted molar refractivity (Wildman–Crippen MR) is 63.1 cm³/mol. The Morgan fingerprint density at radius 1 is 1.27 bits per heavy atom. The van der Waals surface area contributed by atoms with Gasteiger partial charge in [-0.1, -0.05) is 0 Å². The first-order valence-corrected chi connectivity index (χ1v) is 15.6. The van der Waals surface area contributed by atoms with E-state index < -0.39 is 17.2 Å². The number of ether oxygens (including phenoxy) is 2. The van der Waals surface area contributed by atoms with Crippen LogP contribution in [0.2, 0.25) is 0 Å². The Morgan fingerprint density at radius 3 is 2.13 bits per heavy atom. The third-order valence-electron chi connectivity index (χ3n) is 2.11. The molecule has 0 saturated carbocycles. The fourth-order valence-electron chi connectivity index (χ4n) is 1.06. The molecule has 7 heteroatoms. The molecule has 0 amide bonds. The number of rotatable bonds is 7. The van der Waals surface area contributed by atoms with E-state index in [-0.39, 0.29) is 12.6 Å². The van der Waals surface area contributed by atoms with Crippen molar-refractivity contribution in [1.29, 1.82) is 0 Å². The molecule has 1 N–H and O–H groups in total. The van der Waals surface area contributed by atoms with Gasteiger partial charge >= 0.3 is 105 Å². The van der Waals surface area contributed by atoms with Crippen LogP contribution in [-0.2, 0) is 22.3 Å². The molecule has 0 aromatic heterocycles. The molecule has 0 bridgehead atoms. The molecule has 0 aliphatic heterocycles. The number of hydrogen-bond donors (Lipinski definition) is 1. The summed E-state index contributed by atoms with van der Waals surface area (Å²) in [6.45, 7) is 4.31. The van der Waals surface area contributed by atoms with E-state index in [1.165, 1.54) is 7.11 Å². The summed E-state index contributed by atoms with van der Waals surface area (Å²) in [5, 5.41) is 0. The summed E-state index contributed by atoms with van der Waals surface area (Å²) < 4.78 is 12.8. The van der Waals surface area contributed by atoms with E-state index in [0.29, 0.717) is 0 Å². The van der Waals surface area contributed by atoms with Crippen LogP contribution in [0.3, 0.4) is 0 Å². The van der Waals surface area contributed by atoms with Crippen molar-refractivity contribution in [2.75, 3.05) is 20.8 Å². The van der Waals surface area contributed by atoms with Gasteiger partial charge in [0.05, 0.1) is 0 Å². The second-order valence-electron chi connectivity index (χ2n) is 3.45. The SMILES string of the molecule is CCC(C)[NH][Nb]([Cl])([Cl])([Cl])[CH](COC)OC. The molecule has 2 atom stereocenters. The predicted octanol–water partition coefficient (Wildman–Crippen LogP) is 3.06. The molecule has 0 aliphatic rings. The number of nitrogens with one attached hydrogen (secondary N) is 1. The van der Waals surface area contributed by atoms with Crippen LogP contribution in [0, 0.1) is 0 Å². The van der Waals surface area contributed by atoms with Crippen LogP contribution < -0.4 is 3.72 Å². The van der Waals surface area contributed by atoms with Gasteiger partial charge in [0.2, 0.25) is 0 Å². The number of halogens is 3. The van der Waals surface area contributed by atoms with Crippen molar-refractivity contribution >= 4 is 27.6 Å². The van der Waals surface area contributed by atoms with Gasteiger partial charge in [-0.25, -0.2) is 0 Å². The molecule has 0 heterocycles. The van der Waals surface area contributed by atoms with E-state index in [1.54, 1.807) is 7.11 Å². The Morgan fingerprint density at radius 2 is 1.80 bits per heavy atom. The zero-order chi connectivity index (χ0) is 12.1. The van der Waals surface area contributed by atoms with Crippen molar-refractivity contribution in [3.8, 4) is 0 Å². The van der Waals surface area contributed by atoms with E-state index >= 15 is 0 Å². The standard InChI is InChI=1S/C4H10N.C4H9O2.3ClH.Nb/c1-3-4(2)5;1-5-3-4-6-2;;;;/h4-5H,3H2,1-2H3;3H,4H2,1-2H3;3*1H;/q-1;;;;;+4/p-3. The molecule has 0 aliphatic carbocycles. The van der Waals surface area contributed by atoms with Crippen molar-refractivity contribution in [1.82, 2.24) is 3.72 Å². The van der Waals surface area contributed by atoms with E-state index in [1.807, 2.05) is 13.8 Å². The van der Waals surface area contributed by atoms with Gasteiger partial charge in [-0.2, -0.15) is 0 Å². The van der Waals surface area contributed by atoms with E-state index in [4.69, 9.17) is 37.0 Å². The van der Waals surface area contributed by atoms with E-state index in [2.05, 4.69) is 3.72 Å². The van der Waals surface area contributed by atoms with Crippen molar-refractivity contribution in [3.05, 3.63) is 0 Å². The first-order valence-electron chi connectivity index (χ1n) is 4.72. The van der Waals surface area contributed by atoms with E-state index in [0.717, 1.165) is 6.42 Å². The van der Waals surface area contributed by atoms with E-state index in [9.17, 15) is 0 Å². The average molecular weight is 361 g/mol. The van der Waals surface area contributed by atoms with Crippen LogP contribution >= 0.6 is 27.6 Å². The van der Waals surface area contributed by atoms with Gasteiger partial charge in [0, 0.05) is 0 Å². The summed E-state index contributed by atoms with van der Waals surface area (Å²) in [5.74, 6) is 0. The molecular weight excluding hydrogens is 341 g/mol. The van der Waals surface area contributed by atoms with Crippen LogP contribution in [0.4, 0.5) is 0 Å². The van der Waals surface area contributed by atoms with Crippen LogP contribution in [0.15, 0.2) is 0 Å². The van der Waals surface area contributed by atoms with Gasteiger partial charge in [0.25, 0.3) is 0 Å². The van der Waals surface area contributed by atoms with Crippen LogP contribution in [0.1, 0.15) is 20.3 Å². The van der Waals surface area contributed by atoms with Gasteiger partial charge in [-0.15, -0.1) is 0 Å². The molecule has 94 valence electrons. The first-order chi connectivity index (χ1) is 6.75. The third kappa shape index (κ3) is 5.57. The molecular formula is C8H19Cl3NNbO2. The summed E-state index contributed by atoms with van der Waals surface area (Å²) in [6, 6.07) is 0.161. The zero-order valence-electron chi connectivity index (χ0n) is 9.47. The molecule has 15 heavy (non-hydrogen) atoms. The fourth-order valence-corrected chi connectivity index (χ4v) is 11.0. The van der Waals surface area contributed by atoms with Crippen molar-refractivity contribution < 1.29 is 22.3 Å². The summed E-state index contributed by atoms with van der Waals surface area (Å²) >= 11 is -4.42. The minimum atomic E-state index is -4.42. The maximum absolute atomic E-state index is 6.33. The molecule has 0 saturated heterocycles. The zero-order valence-corrected chi connectivity index (χ0v) is 13.9. The van der Waals surface area contributed by atoms with Crippen molar-refractivity contribution in [3.63, 3.8) is 0 Å². The molecule has 0 fully saturated rings. The molecule has 0 aromatic rings. The van der Waals surface area contributed by atoms with Crippen molar-refractivity contribution in [2.24, 2.45) is 0 Å². The topological polar surface area (TPSA) is 30.5 Å². The minimum absolute atomic E-state index is 0.161. The fraction of sp³-hybridized carbons (Fsp3) is 1.00. The first kappa shape index (κ1) is 16.5. The normalized spacial score (nSPS) is 19.3. The van der Waals surface area contributed by atoms with Crippen molar-refractivity contribution in [2.45, 2.75) is 30.6 Å². The molecule has 0 spiro atoms. The van der Waals surface area contributed by atoms with Gasteiger partial charge in [-0.05, 0) is 0 Å². The molecule has 2 unspecified atom stereocenters. The quantitative estimate of drug-likeness (QED) is 0.708. The van der Waals surface area contributed by atoms with Gasteiger partial charge in [-0.3, -0.25) is 0 Å². The molecule has 0 radical (unpaired) electrons. The third-order valence-corrected chi connectivity index (χ3v) is 13.1. The summed E-state index contributed by atoms with van der Waals surface area (Å²) in [5.41, 5.74) is 0. The molecule has 0 rings (SSSR count). The summed E-state index contributed by atoms with van der Waals surface area (Å²) in [7, 11) is 22.1. The monoisotopic (exact) mass is 359 g/mol. The Labute approximate surface area is 104 Å². The van der Waals surface area contributed by atoms with Gasteiger partial charge in [0.1, 0.15) is 0 Å². The number of methoxy groups -OCH3 is 2. The molecule has 3 nitrogen and oxygen atoms in total.